The maximum Gasteiger partial charge on any atom is 0.244 e. The lowest BCUT2D eigenvalue weighted by atomic mass is 10.0. The first-order valence-corrected chi connectivity index (χ1v) is 3.93. The molecule has 0 amide bonds. The summed E-state index contributed by atoms with van der Waals surface area (Å²) >= 11 is 5.42. The molecule has 0 aromatic rings. The van der Waals surface area contributed by atoms with Crippen molar-refractivity contribution in [2.75, 3.05) is 0 Å². The molecule has 0 aliphatic heterocycles. The third-order valence-corrected chi connectivity index (χ3v) is 1.63. The van der Waals surface area contributed by atoms with Gasteiger partial charge in [-0.2, -0.15) is 0 Å². The van der Waals surface area contributed by atoms with Gasteiger partial charge < -0.3 is 15.6 Å². The fourth-order valence-corrected chi connectivity index (χ4v) is 0.685. The number of halogens is 1. The number of hydrogen-bond donors (Lipinski definition) is 2. The molecule has 3 nitrogen and oxygen atoms in total. The minimum absolute atomic E-state index is 0.0905. The van der Waals surface area contributed by atoms with Crippen LogP contribution in [0.25, 0.3) is 0 Å². The maximum atomic E-state index is 9.07. The number of rotatable bonds is 3. The van der Waals surface area contributed by atoms with Gasteiger partial charge in [-0.05, 0) is 12.8 Å². The zero-order chi connectivity index (χ0) is 9.28. The third kappa shape index (κ3) is 4.58. The molecule has 0 rings (SSSR count). The predicted molar refractivity (Wildman–Crippen MR) is 45.0 cm³/mol. The molecule has 4 heteroatoms. The van der Waals surface area contributed by atoms with Gasteiger partial charge in [0.15, 0.2) is 0 Å². The number of aliphatic hydroxyl groups is 1. The van der Waals surface area contributed by atoms with E-state index in [2.05, 4.69) is 0 Å². The standard InChI is InChI=1S/C7H16ClNO2/c1-5(2)6(3,9)11-7(4,8)10/h5,10H,9H2,1-4H3. The Balaban J connectivity index is 4.13. The van der Waals surface area contributed by atoms with Crippen LogP contribution in [0.1, 0.15) is 27.7 Å². The molecule has 0 bridgehead atoms. The van der Waals surface area contributed by atoms with E-state index in [1.807, 2.05) is 13.8 Å². The Morgan fingerprint density at radius 2 is 1.82 bits per heavy atom. The van der Waals surface area contributed by atoms with Gasteiger partial charge in [-0.3, -0.25) is 0 Å². The molecule has 0 aromatic carbocycles. The van der Waals surface area contributed by atoms with Gasteiger partial charge >= 0.3 is 0 Å². The van der Waals surface area contributed by atoms with Crippen LogP contribution in [0.4, 0.5) is 0 Å². The largest absolute Gasteiger partial charge is 0.353 e. The first kappa shape index (κ1) is 11.2. The first-order valence-electron chi connectivity index (χ1n) is 3.55. The lowest BCUT2D eigenvalue weighted by molar-refractivity contribution is -0.211. The van der Waals surface area contributed by atoms with E-state index in [4.69, 9.17) is 27.2 Å². The molecule has 0 heterocycles. The predicted octanol–water partition coefficient (Wildman–Crippen LogP) is 1.24. The highest BCUT2D eigenvalue weighted by Crippen LogP contribution is 2.23. The van der Waals surface area contributed by atoms with Crippen LogP contribution in [-0.4, -0.2) is 16.1 Å². The van der Waals surface area contributed by atoms with Gasteiger partial charge in [0, 0.05) is 6.92 Å². The molecule has 68 valence electrons. The van der Waals surface area contributed by atoms with Crippen molar-refractivity contribution < 1.29 is 9.84 Å². The molecule has 0 spiro atoms. The number of hydrogen-bond acceptors (Lipinski definition) is 3. The third-order valence-electron chi connectivity index (χ3n) is 1.55. The topological polar surface area (TPSA) is 55.5 Å². The van der Waals surface area contributed by atoms with Crippen molar-refractivity contribution >= 4 is 11.6 Å². The minimum Gasteiger partial charge on any atom is -0.353 e. The van der Waals surface area contributed by atoms with Crippen LogP contribution in [0, 0.1) is 5.92 Å². The molecule has 0 saturated carbocycles. The van der Waals surface area contributed by atoms with E-state index in [-0.39, 0.29) is 5.92 Å². The Hall–Kier alpha value is 0.170. The van der Waals surface area contributed by atoms with Crippen molar-refractivity contribution in [2.45, 2.75) is 38.7 Å². The molecular formula is C7H16ClNO2. The monoisotopic (exact) mass is 181 g/mol. The highest BCUT2D eigenvalue weighted by Gasteiger charge is 2.32. The molecule has 0 fully saturated rings. The second-order valence-corrected chi connectivity index (χ2v) is 4.01. The summed E-state index contributed by atoms with van der Waals surface area (Å²) in [5.74, 6) is 0.0905. The van der Waals surface area contributed by atoms with E-state index in [0.717, 1.165) is 0 Å². The van der Waals surface area contributed by atoms with Crippen molar-refractivity contribution in [3.05, 3.63) is 0 Å². The quantitative estimate of drug-likeness (QED) is 0.509. The van der Waals surface area contributed by atoms with Crippen LogP contribution in [0.2, 0.25) is 0 Å². The fraction of sp³-hybridized carbons (Fsp3) is 1.00. The summed E-state index contributed by atoms with van der Waals surface area (Å²) in [5.41, 5.74) is 4.78. The number of nitrogens with two attached hydrogens (primary N) is 1. The van der Waals surface area contributed by atoms with Gasteiger partial charge in [0.05, 0.1) is 0 Å². The van der Waals surface area contributed by atoms with Crippen molar-refractivity contribution in [3.8, 4) is 0 Å². The average Bonchev–Trinajstić information content (AvgIpc) is 1.56. The van der Waals surface area contributed by atoms with Crippen molar-refractivity contribution in [1.29, 1.82) is 0 Å². The molecule has 3 N–H and O–H groups in total. The summed E-state index contributed by atoms with van der Waals surface area (Å²) in [6.45, 7) is 6.79. The molecule has 0 aromatic heterocycles. The van der Waals surface area contributed by atoms with Crippen LogP contribution in [0.15, 0.2) is 0 Å². The Morgan fingerprint density at radius 3 is 1.91 bits per heavy atom. The zero-order valence-corrected chi connectivity index (χ0v) is 8.14. The van der Waals surface area contributed by atoms with Gasteiger partial charge in [0.25, 0.3) is 0 Å². The lowest BCUT2D eigenvalue weighted by Gasteiger charge is -2.33. The van der Waals surface area contributed by atoms with Crippen LogP contribution in [-0.2, 0) is 4.74 Å². The lowest BCUT2D eigenvalue weighted by Crippen LogP contribution is -2.49. The van der Waals surface area contributed by atoms with Crippen molar-refractivity contribution in [1.82, 2.24) is 0 Å². The second kappa shape index (κ2) is 3.27. The molecule has 2 atom stereocenters. The first-order chi connectivity index (χ1) is 4.65. The van der Waals surface area contributed by atoms with E-state index in [9.17, 15) is 0 Å². The Bertz CT molecular complexity index is 129. The zero-order valence-electron chi connectivity index (χ0n) is 7.39. The average molecular weight is 182 g/mol. The highest BCUT2D eigenvalue weighted by molar-refractivity contribution is 6.21. The molecule has 0 aliphatic rings. The van der Waals surface area contributed by atoms with Crippen molar-refractivity contribution in [3.63, 3.8) is 0 Å². The molecule has 0 aliphatic carbocycles. The van der Waals surface area contributed by atoms with Gasteiger partial charge in [0.2, 0.25) is 5.25 Å². The molecule has 11 heavy (non-hydrogen) atoms. The second-order valence-electron chi connectivity index (χ2n) is 3.31. The maximum absolute atomic E-state index is 9.07. The summed E-state index contributed by atoms with van der Waals surface area (Å²) in [5, 5.41) is 7.38. The smallest absolute Gasteiger partial charge is 0.244 e. The SMILES string of the molecule is CC(C)C(C)(N)OC(C)(O)Cl. The Kier molecular flexibility index (Phi) is 3.32. The summed E-state index contributed by atoms with van der Waals surface area (Å²) < 4.78 is 4.99. The van der Waals surface area contributed by atoms with Gasteiger partial charge in [-0.1, -0.05) is 25.4 Å². The highest BCUT2D eigenvalue weighted by atomic mass is 35.5. The number of alkyl halides is 1. The Morgan fingerprint density at radius 1 is 1.45 bits per heavy atom. The van der Waals surface area contributed by atoms with Gasteiger partial charge in [-0.25, -0.2) is 0 Å². The van der Waals surface area contributed by atoms with E-state index in [0.29, 0.717) is 0 Å². The normalized spacial score (nSPS) is 22.9. The molecular weight excluding hydrogens is 166 g/mol. The van der Waals surface area contributed by atoms with Crippen LogP contribution in [0.5, 0.6) is 0 Å². The van der Waals surface area contributed by atoms with Gasteiger partial charge in [0.1, 0.15) is 5.72 Å². The minimum atomic E-state index is -1.69. The summed E-state index contributed by atoms with van der Waals surface area (Å²) in [6.07, 6.45) is 0. The van der Waals surface area contributed by atoms with E-state index in [1.54, 1.807) is 6.92 Å². The van der Waals surface area contributed by atoms with Crippen LogP contribution < -0.4 is 5.73 Å². The molecule has 0 saturated heterocycles. The van der Waals surface area contributed by atoms with Crippen LogP contribution in [0.3, 0.4) is 0 Å². The van der Waals surface area contributed by atoms with E-state index in [1.165, 1.54) is 6.92 Å². The molecule has 0 radical (unpaired) electrons. The Labute approximate surface area is 72.5 Å². The van der Waals surface area contributed by atoms with Crippen LogP contribution >= 0.6 is 11.6 Å². The molecule has 2 unspecified atom stereocenters. The van der Waals surface area contributed by atoms with E-state index < -0.39 is 11.0 Å². The van der Waals surface area contributed by atoms with Gasteiger partial charge in [-0.15, -0.1) is 0 Å². The summed E-state index contributed by atoms with van der Waals surface area (Å²) in [6, 6.07) is 0. The van der Waals surface area contributed by atoms with E-state index >= 15 is 0 Å². The fourth-order valence-electron chi connectivity index (χ4n) is 0.519. The number of ether oxygens (including phenoxy) is 1. The van der Waals surface area contributed by atoms with Crippen molar-refractivity contribution in [2.24, 2.45) is 11.7 Å². The summed E-state index contributed by atoms with van der Waals surface area (Å²) in [4.78, 5) is 0. The summed E-state index contributed by atoms with van der Waals surface area (Å²) in [7, 11) is 0.